The summed E-state index contributed by atoms with van der Waals surface area (Å²) in [7, 11) is 0. The van der Waals surface area contributed by atoms with E-state index in [2.05, 4.69) is 4.98 Å². The van der Waals surface area contributed by atoms with Crippen LogP contribution >= 0.6 is 11.6 Å². The number of carbonyl (C=O) groups is 1. The Bertz CT molecular complexity index is 457. The molecule has 4 nitrogen and oxygen atoms in total. The van der Waals surface area contributed by atoms with Crippen molar-refractivity contribution in [3.8, 4) is 11.8 Å². The Kier molecular flexibility index (Phi) is 3.17. The highest BCUT2D eigenvalue weighted by Gasteiger charge is 2.24. The highest BCUT2D eigenvalue weighted by atomic mass is 35.5. The van der Waals surface area contributed by atoms with Gasteiger partial charge in [0.15, 0.2) is 11.4 Å². The van der Waals surface area contributed by atoms with Gasteiger partial charge < -0.3 is 5.11 Å². The first-order valence-corrected chi connectivity index (χ1v) is 3.96. The van der Waals surface area contributed by atoms with Gasteiger partial charge in [0, 0.05) is 6.20 Å². The lowest BCUT2D eigenvalue weighted by Gasteiger charge is -2.07. The Morgan fingerprint density at radius 2 is 2.27 bits per heavy atom. The number of hydrogen-bond donors (Lipinski definition) is 1. The summed E-state index contributed by atoms with van der Waals surface area (Å²) < 4.78 is 24.9. The molecule has 0 unspecified atom stereocenters. The molecule has 0 atom stereocenters. The molecule has 1 heterocycles. The van der Waals surface area contributed by atoms with Crippen LogP contribution in [0, 0.1) is 11.3 Å². The average molecular weight is 233 g/mol. The molecule has 1 aromatic rings. The van der Waals surface area contributed by atoms with Gasteiger partial charge in [-0.3, -0.25) is 4.79 Å². The number of aromatic hydroxyl groups is 1. The summed E-state index contributed by atoms with van der Waals surface area (Å²) in [6.07, 6.45) is -2.38. The van der Waals surface area contributed by atoms with Crippen LogP contribution in [0.3, 0.4) is 0 Å². The molecule has 0 saturated carbocycles. The Balaban J connectivity index is 3.53. The zero-order valence-electron chi connectivity index (χ0n) is 7.04. The molecule has 0 aliphatic heterocycles. The Hall–Kier alpha value is -1.74. The standard InChI is InChI=1S/C8H3ClF2N2O2/c9-7(15)3-2-13-4(1-12)6(14)5(3)8(10)11/h2,8,14H. The Morgan fingerprint density at radius 3 is 2.67 bits per heavy atom. The van der Waals surface area contributed by atoms with E-state index in [9.17, 15) is 18.7 Å². The van der Waals surface area contributed by atoms with E-state index in [1.54, 1.807) is 0 Å². The molecular formula is C8H3ClF2N2O2. The Morgan fingerprint density at radius 1 is 1.67 bits per heavy atom. The number of aromatic nitrogens is 1. The van der Waals surface area contributed by atoms with Crippen LogP contribution in [-0.2, 0) is 0 Å². The number of hydrogen-bond acceptors (Lipinski definition) is 4. The molecule has 0 fully saturated rings. The first-order chi connectivity index (χ1) is 6.99. The monoisotopic (exact) mass is 232 g/mol. The third-order valence-electron chi connectivity index (χ3n) is 1.63. The molecule has 0 spiro atoms. The highest BCUT2D eigenvalue weighted by molar-refractivity contribution is 6.67. The second-order valence-electron chi connectivity index (χ2n) is 2.47. The molecule has 1 rings (SSSR count). The van der Waals surface area contributed by atoms with E-state index in [1.807, 2.05) is 0 Å². The zero-order chi connectivity index (χ0) is 11.6. The van der Waals surface area contributed by atoms with Crippen molar-refractivity contribution < 1.29 is 18.7 Å². The van der Waals surface area contributed by atoms with Crippen LogP contribution < -0.4 is 0 Å². The lowest BCUT2D eigenvalue weighted by Crippen LogP contribution is -2.02. The van der Waals surface area contributed by atoms with Crippen molar-refractivity contribution in [1.29, 1.82) is 5.26 Å². The van der Waals surface area contributed by atoms with Gasteiger partial charge >= 0.3 is 0 Å². The van der Waals surface area contributed by atoms with E-state index in [0.717, 1.165) is 6.20 Å². The number of nitrogens with zero attached hydrogens (tertiary/aromatic N) is 2. The largest absolute Gasteiger partial charge is 0.504 e. The topological polar surface area (TPSA) is 74.0 Å². The second kappa shape index (κ2) is 4.19. The molecule has 78 valence electrons. The van der Waals surface area contributed by atoms with Gasteiger partial charge in [-0.1, -0.05) is 0 Å². The van der Waals surface area contributed by atoms with Crippen LogP contribution in [0.25, 0.3) is 0 Å². The van der Waals surface area contributed by atoms with Gasteiger partial charge in [0.1, 0.15) is 6.07 Å². The minimum Gasteiger partial charge on any atom is -0.504 e. The van der Waals surface area contributed by atoms with Crippen LogP contribution in [0.5, 0.6) is 5.75 Å². The van der Waals surface area contributed by atoms with Crippen LogP contribution in [0.2, 0.25) is 0 Å². The van der Waals surface area contributed by atoms with E-state index in [0.29, 0.717) is 0 Å². The van der Waals surface area contributed by atoms with Crippen LogP contribution in [0.4, 0.5) is 8.78 Å². The molecule has 0 bridgehead atoms. The molecular weight excluding hydrogens is 230 g/mol. The van der Waals surface area contributed by atoms with Gasteiger partial charge in [0.25, 0.3) is 11.7 Å². The van der Waals surface area contributed by atoms with Crippen molar-refractivity contribution in [3.63, 3.8) is 0 Å². The van der Waals surface area contributed by atoms with Gasteiger partial charge in [-0.2, -0.15) is 5.26 Å². The molecule has 0 amide bonds. The van der Waals surface area contributed by atoms with E-state index in [1.165, 1.54) is 6.07 Å². The predicted octanol–water partition coefficient (Wildman–Crippen LogP) is 1.98. The smallest absolute Gasteiger partial charge is 0.268 e. The average Bonchev–Trinajstić information content (AvgIpc) is 2.16. The number of pyridine rings is 1. The van der Waals surface area contributed by atoms with E-state index >= 15 is 0 Å². The minimum absolute atomic E-state index is 0.577. The fraction of sp³-hybridized carbons (Fsp3) is 0.125. The lowest BCUT2D eigenvalue weighted by molar-refractivity contribution is 0.106. The fourth-order valence-electron chi connectivity index (χ4n) is 0.974. The minimum atomic E-state index is -3.11. The molecule has 0 aliphatic rings. The van der Waals surface area contributed by atoms with Crippen molar-refractivity contribution >= 4 is 16.8 Å². The summed E-state index contributed by atoms with van der Waals surface area (Å²) in [6, 6.07) is 1.41. The zero-order valence-corrected chi connectivity index (χ0v) is 7.79. The summed E-state index contributed by atoms with van der Waals surface area (Å²) >= 11 is 5.01. The molecule has 0 aromatic carbocycles. The number of carbonyl (C=O) groups excluding carboxylic acids is 1. The van der Waals surface area contributed by atoms with Gasteiger partial charge in [-0.15, -0.1) is 0 Å². The van der Waals surface area contributed by atoms with Crippen LogP contribution in [0.15, 0.2) is 6.20 Å². The van der Waals surface area contributed by atoms with E-state index in [-0.39, 0.29) is 0 Å². The van der Waals surface area contributed by atoms with Gasteiger partial charge in [0.05, 0.1) is 11.1 Å². The highest BCUT2D eigenvalue weighted by Crippen LogP contribution is 2.33. The first kappa shape index (κ1) is 11.3. The first-order valence-electron chi connectivity index (χ1n) is 3.59. The summed E-state index contributed by atoms with van der Waals surface area (Å²) in [5.41, 5.74) is -2.16. The molecule has 0 radical (unpaired) electrons. The molecule has 7 heteroatoms. The van der Waals surface area contributed by atoms with Crippen LogP contribution in [-0.4, -0.2) is 15.3 Å². The molecule has 1 N–H and O–H groups in total. The van der Waals surface area contributed by atoms with Gasteiger partial charge in [0.2, 0.25) is 0 Å². The predicted molar refractivity (Wildman–Crippen MR) is 45.8 cm³/mol. The van der Waals surface area contributed by atoms with E-state index < -0.39 is 34.2 Å². The third-order valence-corrected chi connectivity index (χ3v) is 1.83. The van der Waals surface area contributed by atoms with Crippen molar-refractivity contribution in [1.82, 2.24) is 4.98 Å². The second-order valence-corrected chi connectivity index (χ2v) is 2.81. The van der Waals surface area contributed by atoms with Gasteiger partial charge in [-0.05, 0) is 11.6 Å². The van der Waals surface area contributed by atoms with Crippen molar-refractivity contribution in [3.05, 3.63) is 23.0 Å². The maximum Gasteiger partial charge on any atom is 0.268 e. The molecule has 0 aliphatic carbocycles. The van der Waals surface area contributed by atoms with Gasteiger partial charge in [-0.25, -0.2) is 13.8 Å². The molecule has 0 saturated heterocycles. The number of rotatable bonds is 2. The normalized spacial score (nSPS) is 10.1. The van der Waals surface area contributed by atoms with Crippen LogP contribution in [0.1, 0.15) is 28.0 Å². The summed E-state index contributed by atoms with van der Waals surface area (Å²) in [5, 5.41) is 16.5. The van der Waals surface area contributed by atoms with Crippen molar-refractivity contribution in [2.75, 3.05) is 0 Å². The number of halogens is 3. The summed E-state index contributed by atoms with van der Waals surface area (Å²) in [4.78, 5) is 14.0. The Labute approximate surface area is 87.7 Å². The van der Waals surface area contributed by atoms with E-state index in [4.69, 9.17) is 16.9 Å². The molecule has 15 heavy (non-hydrogen) atoms. The van der Waals surface area contributed by atoms with Crippen molar-refractivity contribution in [2.45, 2.75) is 6.43 Å². The maximum absolute atomic E-state index is 12.5. The third kappa shape index (κ3) is 2.02. The SMILES string of the molecule is N#Cc1ncc(C(=O)Cl)c(C(F)F)c1O. The molecule has 1 aromatic heterocycles. The number of nitriles is 1. The summed E-state index contributed by atoms with van der Waals surface area (Å²) in [5.74, 6) is -1.01. The fourth-order valence-corrected chi connectivity index (χ4v) is 1.12. The lowest BCUT2D eigenvalue weighted by atomic mass is 10.1. The number of alkyl halides is 2. The maximum atomic E-state index is 12.5. The quantitative estimate of drug-likeness (QED) is 0.791. The summed E-state index contributed by atoms with van der Waals surface area (Å²) in [6.45, 7) is 0. The van der Waals surface area contributed by atoms with Crippen molar-refractivity contribution in [2.24, 2.45) is 0 Å².